The lowest BCUT2D eigenvalue weighted by atomic mass is 10.2. The van der Waals surface area contributed by atoms with Gasteiger partial charge in [-0.1, -0.05) is 0 Å². The number of amides is 2. The minimum Gasteiger partial charge on any atom is -0.504 e. The minimum absolute atomic E-state index is 0.0706. The number of aromatic hydroxyl groups is 1. The molecule has 0 bridgehead atoms. The van der Waals surface area contributed by atoms with Crippen LogP contribution in [-0.2, 0) is 4.79 Å². The van der Waals surface area contributed by atoms with E-state index in [4.69, 9.17) is 9.47 Å². The molecule has 0 saturated carbocycles. The number of ether oxygens (including phenoxy) is 2. The zero-order valence-corrected chi connectivity index (χ0v) is 18.2. The summed E-state index contributed by atoms with van der Waals surface area (Å²) in [5.74, 6) is 0.478. The molecule has 0 aliphatic heterocycles. The highest BCUT2D eigenvalue weighted by molar-refractivity contribution is 14.1. The lowest BCUT2D eigenvalue weighted by Gasteiger charge is -2.08. The van der Waals surface area contributed by atoms with Gasteiger partial charge in [-0.15, -0.1) is 0 Å². The maximum absolute atomic E-state index is 12.0. The number of carbonyl (C=O) groups is 2. The molecule has 0 aliphatic carbocycles. The number of rotatable bonds is 9. The Labute approximate surface area is 182 Å². The molecule has 9 heteroatoms. The SMILES string of the molecule is CCOc1cc(/C=N/NC(=O)CCNC(=O)c2ccc(OC)cc2)cc(I)c1O. The molecular weight excluding hydrogens is 489 g/mol. The number of hydrogen-bond donors (Lipinski definition) is 3. The Morgan fingerprint density at radius 3 is 2.62 bits per heavy atom. The predicted octanol–water partition coefficient (Wildman–Crippen LogP) is 2.67. The van der Waals surface area contributed by atoms with Gasteiger partial charge in [0.1, 0.15) is 5.75 Å². The molecule has 0 aliphatic rings. The van der Waals surface area contributed by atoms with Crippen molar-refractivity contribution in [3.63, 3.8) is 0 Å². The summed E-state index contributed by atoms with van der Waals surface area (Å²) in [7, 11) is 1.55. The number of nitrogens with one attached hydrogen (secondary N) is 2. The first-order valence-electron chi connectivity index (χ1n) is 8.84. The fourth-order valence-electron chi connectivity index (χ4n) is 2.30. The van der Waals surface area contributed by atoms with Crippen LogP contribution < -0.4 is 20.2 Å². The third kappa shape index (κ3) is 6.93. The van der Waals surface area contributed by atoms with E-state index in [1.165, 1.54) is 6.21 Å². The molecule has 3 N–H and O–H groups in total. The second kappa shape index (κ2) is 11.2. The van der Waals surface area contributed by atoms with Gasteiger partial charge in [0.15, 0.2) is 11.5 Å². The number of carbonyl (C=O) groups excluding carboxylic acids is 2. The van der Waals surface area contributed by atoms with Gasteiger partial charge in [-0.3, -0.25) is 9.59 Å². The van der Waals surface area contributed by atoms with Crippen LogP contribution in [0.5, 0.6) is 17.2 Å². The van der Waals surface area contributed by atoms with Crippen molar-refractivity contribution in [2.75, 3.05) is 20.3 Å². The summed E-state index contributed by atoms with van der Waals surface area (Å²) in [6.45, 7) is 2.42. The van der Waals surface area contributed by atoms with Crippen molar-refractivity contribution < 1.29 is 24.2 Å². The van der Waals surface area contributed by atoms with Crippen molar-refractivity contribution >= 4 is 40.6 Å². The average molecular weight is 511 g/mol. The lowest BCUT2D eigenvalue weighted by molar-refractivity contribution is -0.120. The van der Waals surface area contributed by atoms with Gasteiger partial charge >= 0.3 is 0 Å². The maximum atomic E-state index is 12.0. The third-order valence-electron chi connectivity index (χ3n) is 3.74. The summed E-state index contributed by atoms with van der Waals surface area (Å²) in [6.07, 6.45) is 1.54. The molecular formula is C20H22IN3O5. The number of phenols is 1. The third-order valence-corrected chi connectivity index (χ3v) is 4.57. The van der Waals surface area contributed by atoms with Crippen LogP contribution in [0.1, 0.15) is 29.3 Å². The van der Waals surface area contributed by atoms with Crippen molar-refractivity contribution in [1.82, 2.24) is 10.7 Å². The smallest absolute Gasteiger partial charge is 0.251 e. The summed E-state index contributed by atoms with van der Waals surface area (Å²) < 4.78 is 11.0. The zero-order valence-electron chi connectivity index (χ0n) is 16.1. The van der Waals surface area contributed by atoms with Crippen LogP contribution >= 0.6 is 22.6 Å². The Balaban J connectivity index is 1.80. The lowest BCUT2D eigenvalue weighted by Crippen LogP contribution is -2.29. The normalized spacial score (nSPS) is 10.6. The molecule has 0 spiro atoms. The monoisotopic (exact) mass is 511 g/mol. The van der Waals surface area contributed by atoms with Crippen LogP contribution in [0.3, 0.4) is 0 Å². The Kier molecular flexibility index (Phi) is 8.71. The van der Waals surface area contributed by atoms with Gasteiger partial charge < -0.3 is 19.9 Å². The van der Waals surface area contributed by atoms with Crippen LogP contribution in [0.15, 0.2) is 41.5 Å². The molecule has 0 atom stereocenters. The number of halogens is 1. The summed E-state index contributed by atoms with van der Waals surface area (Å²) in [6, 6.07) is 10.0. The van der Waals surface area contributed by atoms with Crippen molar-refractivity contribution in [1.29, 1.82) is 0 Å². The molecule has 2 rings (SSSR count). The molecule has 2 amide bonds. The van der Waals surface area contributed by atoms with Crippen molar-refractivity contribution in [3.8, 4) is 17.2 Å². The number of methoxy groups -OCH3 is 1. The molecule has 8 nitrogen and oxygen atoms in total. The summed E-state index contributed by atoms with van der Waals surface area (Å²) in [5, 5.41) is 16.5. The zero-order chi connectivity index (χ0) is 21.2. The fraction of sp³-hybridized carbons (Fsp3) is 0.250. The quantitative estimate of drug-likeness (QED) is 0.273. The first-order chi connectivity index (χ1) is 13.9. The van der Waals surface area contributed by atoms with Gasteiger partial charge in [0.2, 0.25) is 5.91 Å². The highest BCUT2D eigenvalue weighted by atomic mass is 127. The molecule has 0 saturated heterocycles. The van der Waals surface area contributed by atoms with Gasteiger partial charge in [-0.2, -0.15) is 5.10 Å². The van der Waals surface area contributed by atoms with Crippen LogP contribution in [0.25, 0.3) is 0 Å². The largest absolute Gasteiger partial charge is 0.504 e. The first kappa shape index (κ1) is 22.5. The molecule has 29 heavy (non-hydrogen) atoms. The first-order valence-corrected chi connectivity index (χ1v) is 9.92. The molecule has 0 radical (unpaired) electrons. The Hall–Kier alpha value is -2.82. The summed E-state index contributed by atoms with van der Waals surface area (Å²) >= 11 is 1.99. The van der Waals surface area contributed by atoms with Crippen LogP contribution in [0.4, 0.5) is 0 Å². The van der Waals surface area contributed by atoms with Gasteiger partial charge in [0.05, 0.1) is 23.5 Å². The van der Waals surface area contributed by atoms with E-state index in [0.717, 1.165) is 0 Å². The van der Waals surface area contributed by atoms with E-state index in [1.807, 2.05) is 29.5 Å². The number of hydrogen-bond acceptors (Lipinski definition) is 6. The highest BCUT2D eigenvalue weighted by Crippen LogP contribution is 2.32. The standard InChI is InChI=1S/C20H22IN3O5/c1-3-29-17-11-13(10-16(21)19(17)26)12-23-24-18(25)8-9-22-20(27)14-4-6-15(28-2)7-5-14/h4-7,10-12,26H,3,8-9H2,1-2H3,(H,22,27)(H,24,25)/b23-12+. The van der Waals surface area contributed by atoms with Crippen LogP contribution in [0.2, 0.25) is 0 Å². The van der Waals surface area contributed by atoms with Gasteiger partial charge in [-0.05, 0) is 71.5 Å². The maximum Gasteiger partial charge on any atom is 0.251 e. The fourth-order valence-corrected chi connectivity index (χ4v) is 2.93. The average Bonchev–Trinajstić information content (AvgIpc) is 2.71. The number of hydrazone groups is 1. The van der Waals surface area contributed by atoms with Crippen molar-refractivity contribution in [2.45, 2.75) is 13.3 Å². The topological polar surface area (TPSA) is 109 Å². The Morgan fingerprint density at radius 1 is 1.24 bits per heavy atom. The molecule has 2 aromatic carbocycles. The second-order valence-corrected chi connectivity index (χ2v) is 6.97. The van der Waals surface area contributed by atoms with E-state index >= 15 is 0 Å². The molecule has 0 unspecified atom stereocenters. The number of benzene rings is 2. The van der Waals surface area contributed by atoms with E-state index in [0.29, 0.717) is 32.8 Å². The molecule has 154 valence electrons. The predicted molar refractivity (Wildman–Crippen MR) is 118 cm³/mol. The van der Waals surface area contributed by atoms with Gasteiger partial charge in [-0.25, -0.2) is 5.43 Å². The highest BCUT2D eigenvalue weighted by Gasteiger charge is 2.09. The van der Waals surface area contributed by atoms with E-state index in [2.05, 4.69) is 15.8 Å². The van der Waals surface area contributed by atoms with Crippen molar-refractivity contribution in [2.24, 2.45) is 5.10 Å². The Morgan fingerprint density at radius 2 is 1.97 bits per heavy atom. The summed E-state index contributed by atoms with van der Waals surface area (Å²) in [5.41, 5.74) is 3.55. The molecule has 0 heterocycles. The molecule has 2 aromatic rings. The van der Waals surface area contributed by atoms with Crippen molar-refractivity contribution in [3.05, 3.63) is 51.1 Å². The molecule has 0 fully saturated rings. The Bertz CT molecular complexity index is 884. The van der Waals surface area contributed by atoms with E-state index < -0.39 is 0 Å². The van der Waals surface area contributed by atoms with Gasteiger partial charge in [0.25, 0.3) is 5.91 Å². The van der Waals surface area contributed by atoms with Gasteiger partial charge in [0, 0.05) is 18.5 Å². The van der Waals surface area contributed by atoms with Crippen LogP contribution in [0, 0.1) is 3.57 Å². The minimum atomic E-state index is -0.338. The number of nitrogens with zero attached hydrogens (tertiary/aromatic N) is 1. The van der Waals surface area contributed by atoms with E-state index in [-0.39, 0.29) is 30.5 Å². The number of phenolic OH excluding ortho intramolecular Hbond substituents is 1. The second-order valence-electron chi connectivity index (χ2n) is 5.81. The molecule has 0 aromatic heterocycles. The van der Waals surface area contributed by atoms with Crippen LogP contribution in [-0.4, -0.2) is 43.4 Å². The summed E-state index contributed by atoms with van der Waals surface area (Å²) in [4.78, 5) is 23.9. The van der Waals surface area contributed by atoms with E-state index in [9.17, 15) is 14.7 Å². The van der Waals surface area contributed by atoms with E-state index in [1.54, 1.807) is 43.5 Å².